The van der Waals surface area contributed by atoms with Gasteiger partial charge < -0.3 is 10.8 Å². The van der Waals surface area contributed by atoms with Crippen LogP contribution in [-0.4, -0.2) is 17.1 Å². The van der Waals surface area contributed by atoms with Gasteiger partial charge in [-0.05, 0) is 13.3 Å². The van der Waals surface area contributed by atoms with E-state index in [4.69, 9.17) is 10.8 Å². The van der Waals surface area contributed by atoms with E-state index in [0.29, 0.717) is 6.42 Å². The Bertz CT molecular complexity index is 101. The minimum Gasteiger partial charge on any atom is -0.481 e. The Hall–Kier alpha value is -0.570. The maximum atomic E-state index is 10.2. The van der Waals surface area contributed by atoms with E-state index < -0.39 is 5.97 Å². The summed E-state index contributed by atoms with van der Waals surface area (Å²) in [5, 5.41) is 8.38. The molecule has 0 aliphatic heterocycles. The molecule has 0 aliphatic carbocycles. The maximum absolute atomic E-state index is 10.2. The highest BCUT2D eigenvalue weighted by Gasteiger charge is 2.11. The first-order valence-corrected chi connectivity index (χ1v) is 3.02. The number of carboxylic acids is 1. The summed E-state index contributed by atoms with van der Waals surface area (Å²) in [6.07, 6.45) is 0.551. The summed E-state index contributed by atoms with van der Waals surface area (Å²) in [6.45, 7) is 3.46. The lowest BCUT2D eigenvalue weighted by Gasteiger charge is -2.07. The third kappa shape index (κ3) is 3.97. The smallest absolute Gasteiger partial charge is 0.306 e. The van der Waals surface area contributed by atoms with E-state index in [2.05, 4.69) is 0 Å². The monoisotopic (exact) mass is 131 g/mol. The molecule has 2 atom stereocenters. The van der Waals surface area contributed by atoms with E-state index in [1.54, 1.807) is 13.8 Å². The molecule has 0 unspecified atom stereocenters. The molecule has 0 radical (unpaired) electrons. The van der Waals surface area contributed by atoms with Gasteiger partial charge in [0.05, 0.1) is 5.92 Å². The van der Waals surface area contributed by atoms with Crippen LogP contribution in [0.3, 0.4) is 0 Å². The van der Waals surface area contributed by atoms with Gasteiger partial charge in [0, 0.05) is 6.04 Å². The van der Waals surface area contributed by atoms with Gasteiger partial charge in [-0.3, -0.25) is 4.79 Å². The van der Waals surface area contributed by atoms with Gasteiger partial charge in [0.1, 0.15) is 0 Å². The predicted octanol–water partition coefficient (Wildman–Crippen LogP) is 0.444. The van der Waals surface area contributed by atoms with Crippen LogP contribution in [0.25, 0.3) is 0 Å². The summed E-state index contributed by atoms with van der Waals surface area (Å²) in [5.74, 6) is -1.09. The number of nitrogens with two attached hydrogens (primary N) is 1. The van der Waals surface area contributed by atoms with Crippen molar-refractivity contribution in [2.75, 3.05) is 0 Å². The molecule has 3 heteroatoms. The van der Waals surface area contributed by atoms with Crippen LogP contribution in [0.1, 0.15) is 20.3 Å². The van der Waals surface area contributed by atoms with Gasteiger partial charge in [-0.2, -0.15) is 0 Å². The van der Waals surface area contributed by atoms with Crippen molar-refractivity contribution in [2.24, 2.45) is 11.7 Å². The molecule has 0 aromatic heterocycles. The molecule has 0 aliphatic rings. The Morgan fingerprint density at radius 2 is 2.11 bits per heavy atom. The Labute approximate surface area is 54.9 Å². The third-order valence-corrected chi connectivity index (χ3v) is 1.15. The van der Waals surface area contributed by atoms with E-state index in [1.165, 1.54) is 0 Å². The molecule has 0 aromatic carbocycles. The molecule has 3 N–H and O–H groups in total. The van der Waals surface area contributed by atoms with Crippen molar-refractivity contribution < 1.29 is 9.90 Å². The van der Waals surface area contributed by atoms with Gasteiger partial charge in [-0.1, -0.05) is 6.92 Å². The second-order valence-electron chi connectivity index (χ2n) is 2.45. The fourth-order valence-electron chi connectivity index (χ4n) is 0.658. The summed E-state index contributed by atoms with van der Waals surface area (Å²) in [6, 6.07) is -0.0175. The number of carboxylic acid groups (broad SMARTS) is 1. The van der Waals surface area contributed by atoms with Crippen LogP contribution < -0.4 is 5.73 Å². The molecule has 3 nitrogen and oxygen atoms in total. The molecule has 0 spiro atoms. The van der Waals surface area contributed by atoms with E-state index in [0.717, 1.165) is 0 Å². The first kappa shape index (κ1) is 8.43. The van der Waals surface area contributed by atoms with E-state index in [1.807, 2.05) is 0 Å². The fourth-order valence-corrected chi connectivity index (χ4v) is 0.658. The Morgan fingerprint density at radius 3 is 2.22 bits per heavy atom. The molecule has 0 rings (SSSR count). The van der Waals surface area contributed by atoms with Crippen LogP contribution in [0, 0.1) is 5.92 Å². The quantitative estimate of drug-likeness (QED) is 0.584. The van der Waals surface area contributed by atoms with Gasteiger partial charge in [0.2, 0.25) is 0 Å². The summed E-state index contributed by atoms with van der Waals surface area (Å²) < 4.78 is 0. The summed E-state index contributed by atoms with van der Waals surface area (Å²) in [7, 11) is 0. The average Bonchev–Trinajstić information content (AvgIpc) is 1.63. The van der Waals surface area contributed by atoms with Gasteiger partial charge in [0.15, 0.2) is 0 Å². The molecule has 54 valence electrons. The Kier molecular flexibility index (Phi) is 3.24. The van der Waals surface area contributed by atoms with Gasteiger partial charge >= 0.3 is 5.97 Å². The number of carbonyl (C=O) groups is 1. The zero-order chi connectivity index (χ0) is 7.44. The summed E-state index contributed by atoms with van der Waals surface area (Å²) in [5.41, 5.74) is 5.37. The topological polar surface area (TPSA) is 63.3 Å². The third-order valence-electron chi connectivity index (χ3n) is 1.15. The summed E-state index contributed by atoms with van der Waals surface area (Å²) >= 11 is 0. The zero-order valence-electron chi connectivity index (χ0n) is 5.79. The molecule has 0 fully saturated rings. The molecular weight excluding hydrogens is 118 g/mol. The molecule has 9 heavy (non-hydrogen) atoms. The normalized spacial score (nSPS) is 16.8. The number of hydrogen-bond acceptors (Lipinski definition) is 2. The fraction of sp³-hybridized carbons (Fsp3) is 0.833. The second-order valence-corrected chi connectivity index (χ2v) is 2.45. The standard InChI is InChI=1S/C6H13NO2/c1-4(6(8)9)3-5(2)7/h4-5H,3,7H2,1-2H3,(H,8,9)/t4-,5-/m1/s1. The Morgan fingerprint density at radius 1 is 1.67 bits per heavy atom. The number of hydrogen-bond donors (Lipinski definition) is 2. The number of aliphatic carboxylic acids is 1. The lowest BCUT2D eigenvalue weighted by molar-refractivity contribution is -0.141. The van der Waals surface area contributed by atoms with E-state index in [-0.39, 0.29) is 12.0 Å². The molecule has 0 bridgehead atoms. The van der Waals surface area contributed by atoms with Crippen molar-refractivity contribution in [1.82, 2.24) is 0 Å². The van der Waals surface area contributed by atoms with E-state index >= 15 is 0 Å². The van der Waals surface area contributed by atoms with Crippen LogP contribution in [0.5, 0.6) is 0 Å². The van der Waals surface area contributed by atoms with Crippen molar-refractivity contribution >= 4 is 5.97 Å². The molecule has 0 aromatic rings. The predicted molar refractivity (Wildman–Crippen MR) is 35.1 cm³/mol. The minimum absolute atomic E-state index is 0.0175. The molecule has 0 heterocycles. The first-order valence-electron chi connectivity index (χ1n) is 3.02. The molecule has 0 amide bonds. The number of rotatable bonds is 3. The summed E-state index contributed by atoms with van der Waals surface area (Å²) in [4.78, 5) is 10.2. The van der Waals surface area contributed by atoms with Crippen molar-refractivity contribution in [1.29, 1.82) is 0 Å². The molecule has 0 saturated heterocycles. The van der Waals surface area contributed by atoms with Crippen molar-refractivity contribution in [3.8, 4) is 0 Å². The van der Waals surface area contributed by atoms with E-state index in [9.17, 15) is 4.79 Å². The van der Waals surface area contributed by atoms with Crippen molar-refractivity contribution in [3.05, 3.63) is 0 Å². The van der Waals surface area contributed by atoms with Crippen LogP contribution >= 0.6 is 0 Å². The Balaban J connectivity index is 3.50. The molecule has 0 saturated carbocycles. The lowest BCUT2D eigenvalue weighted by Crippen LogP contribution is -2.22. The lowest BCUT2D eigenvalue weighted by atomic mass is 10.0. The van der Waals surface area contributed by atoms with Crippen molar-refractivity contribution in [3.63, 3.8) is 0 Å². The average molecular weight is 131 g/mol. The second kappa shape index (κ2) is 3.45. The van der Waals surface area contributed by atoms with Gasteiger partial charge in [0.25, 0.3) is 0 Å². The highest BCUT2D eigenvalue weighted by atomic mass is 16.4. The highest BCUT2D eigenvalue weighted by molar-refractivity contribution is 5.69. The largest absolute Gasteiger partial charge is 0.481 e. The van der Waals surface area contributed by atoms with Crippen LogP contribution in [-0.2, 0) is 4.79 Å². The van der Waals surface area contributed by atoms with Crippen LogP contribution in [0.15, 0.2) is 0 Å². The molecular formula is C6H13NO2. The van der Waals surface area contributed by atoms with Gasteiger partial charge in [-0.15, -0.1) is 0 Å². The van der Waals surface area contributed by atoms with Crippen molar-refractivity contribution in [2.45, 2.75) is 26.3 Å². The van der Waals surface area contributed by atoms with Crippen LogP contribution in [0.4, 0.5) is 0 Å². The zero-order valence-corrected chi connectivity index (χ0v) is 5.79. The van der Waals surface area contributed by atoms with Gasteiger partial charge in [-0.25, -0.2) is 0 Å². The SMILES string of the molecule is C[C@H](C[C@@H](C)N)C(=O)O. The highest BCUT2D eigenvalue weighted by Crippen LogP contribution is 2.02. The minimum atomic E-state index is -0.771. The maximum Gasteiger partial charge on any atom is 0.306 e. The first-order chi connectivity index (χ1) is 4.04. The van der Waals surface area contributed by atoms with Crippen LogP contribution in [0.2, 0.25) is 0 Å².